The van der Waals surface area contributed by atoms with Gasteiger partial charge in [-0.2, -0.15) is 5.10 Å². The van der Waals surface area contributed by atoms with Crippen LogP contribution in [0.4, 0.5) is 0 Å². The number of fused-ring (bicyclic) bond motifs is 2. The predicted octanol–water partition coefficient (Wildman–Crippen LogP) is 3.47. The van der Waals surface area contributed by atoms with Crippen molar-refractivity contribution >= 4 is 16.8 Å². The molecule has 3 aromatic rings. The van der Waals surface area contributed by atoms with E-state index >= 15 is 0 Å². The summed E-state index contributed by atoms with van der Waals surface area (Å²) >= 11 is 0. The van der Waals surface area contributed by atoms with Crippen LogP contribution in [0.1, 0.15) is 54.3 Å². The Kier molecular flexibility index (Phi) is 3.87. The third kappa shape index (κ3) is 2.69. The standard InChI is InChI=1S/C21H21N3O2/c1-21(2)12-11-16(13-7-3-5-9-15(13)21)22-20(26)18-19(25)14-8-4-6-10-17(14)23-24-18/h3-10,16H,11-12H2,1-2H3,(H,22,26)(H,23,25)/t16-/m1/s1. The monoisotopic (exact) mass is 347 g/mol. The number of nitrogens with one attached hydrogen (secondary N) is 2. The lowest BCUT2D eigenvalue weighted by atomic mass is 9.71. The normalized spacial score (nSPS) is 18.3. The number of rotatable bonds is 2. The fourth-order valence-electron chi connectivity index (χ4n) is 3.82. The molecule has 1 aliphatic rings. The van der Waals surface area contributed by atoms with Crippen molar-refractivity contribution in [1.29, 1.82) is 0 Å². The van der Waals surface area contributed by atoms with Crippen LogP contribution in [-0.4, -0.2) is 16.1 Å². The number of H-pyrrole nitrogens is 1. The first kappa shape index (κ1) is 16.5. The summed E-state index contributed by atoms with van der Waals surface area (Å²) in [6.45, 7) is 4.44. The van der Waals surface area contributed by atoms with Gasteiger partial charge in [0.1, 0.15) is 0 Å². The van der Waals surface area contributed by atoms with E-state index in [4.69, 9.17) is 0 Å². The van der Waals surface area contributed by atoms with Crippen molar-refractivity contribution in [1.82, 2.24) is 15.5 Å². The maximum atomic E-state index is 12.8. The Morgan fingerprint density at radius 2 is 1.88 bits per heavy atom. The van der Waals surface area contributed by atoms with Crippen molar-refractivity contribution in [3.8, 4) is 0 Å². The highest BCUT2D eigenvalue weighted by Crippen LogP contribution is 2.41. The largest absolute Gasteiger partial charge is 0.344 e. The van der Waals surface area contributed by atoms with E-state index in [0.717, 1.165) is 18.4 Å². The molecular weight excluding hydrogens is 326 g/mol. The van der Waals surface area contributed by atoms with Gasteiger partial charge in [-0.05, 0) is 41.5 Å². The third-order valence-electron chi connectivity index (χ3n) is 5.32. The van der Waals surface area contributed by atoms with Crippen LogP contribution < -0.4 is 10.7 Å². The molecule has 0 spiro atoms. The van der Waals surface area contributed by atoms with Gasteiger partial charge in [0, 0.05) is 5.39 Å². The Morgan fingerprint density at radius 3 is 2.73 bits per heavy atom. The minimum absolute atomic E-state index is 0.0799. The number of hydrogen-bond acceptors (Lipinski definition) is 3. The first-order valence-corrected chi connectivity index (χ1v) is 8.85. The zero-order valence-corrected chi connectivity index (χ0v) is 14.9. The maximum Gasteiger partial charge on any atom is 0.276 e. The summed E-state index contributed by atoms with van der Waals surface area (Å²) in [6, 6.07) is 15.1. The van der Waals surface area contributed by atoms with Gasteiger partial charge in [0.05, 0.1) is 11.6 Å². The molecule has 1 amide bonds. The van der Waals surface area contributed by atoms with Crippen LogP contribution in [-0.2, 0) is 5.41 Å². The number of amides is 1. The molecule has 5 heteroatoms. The van der Waals surface area contributed by atoms with Gasteiger partial charge < -0.3 is 5.32 Å². The molecule has 2 aromatic carbocycles. The average Bonchev–Trinajstić information content (AvgIpc) is 2.65. The molecule has 0 fully saturated rings. The van der Waals surface area contributed by atoms with E-state index in [9.17, 15) is 9.59 Å². The molecule has 132 valence electrons. The Labute approximate surface area is 151 Å². The first-order chi connectivity index (χ1) is 12.5. The number of benzene rings is 2. The number of hydrogen-bond donors (Lipinski definition) is 2. The predicted molar refractivity (Wildman–Crippen MR) is 101 cm³/mol. The highest BCUT2D eigenvalue weighted by atomic mass is 16.2. The van der Waals surface area contributed by atoms with Crippen LogP contribution in [0.5, 0.6) is 0 Å². The number of carbonyl (C=O) groups excluding carboxylic acids is 1. The van der Waals surface area contributed by atoms with E-state index in [-0.39, 0.29) is 22.6 Å². The highest BCUT2D eigenvalue weighted by molar-refractivity contribution is 5.95. The van der Waals surface area contributed by atoms with E-state index in [1.165, 1.54) is 5.56 Å². The van der Waals surface area contributed by atoms with Gasteiger partial charge in [-0.25, -0.2) is 0 Å². The second-order valence-corrected chi connectivity index (χ2v) is 7.48. The molecule has 2 N–H and O–H groups in total. The second kappa shape index (κ2) is 6.09. The van der Waals surface area contributed by atoms with E-state index in [0.29, 0.717) is 10.9 Å². The fourth-order valence-corrected chi connectivity index (χ4v) is 3.82. The van der Waals surface area contributed by atoms with Gasteiger partial charge in [-0.1, -0.05) is 50.2 Å². The Hall–Kier alpha value is -2.95. The molecule has 0 radical (unpaired) electrons. The van der Waals surface area contributed by atoms with Crippen molar-refractivity contribution in [3.63, 3.8) is 0 Å². The summed E-state index contributed by atoms with van der Waals surface area (Å²) in [5.41, 5.74) is 2.63. The lowest BCUT2D eigenvalue weighted by molar-refractivity contribution is 0.0922. The smallest absolute Gasteiger partial charge is 0.276 e. The number of aromatic nitrogens is 2. The summed E-state index contributed by atoms with van der Waals surface area (Å²) in [4.78, 5) is 25.4. The summed E-state index contributed by atoms with van der Waals surface area (Å²) < 4.78 is 0. The molecule has 0 unspecified atom stereocenters. The second-order valence-electron chi connectivity index (χ2n) is 7.48. The van der Waals surface area contributed by atoms with Crippen LogP contribution in [0.3, 0.4) is 0 Å². The van der Waals surface area contributed by atoms with E-state index in [1.54, 1.807) is 18.2 Å². The molecule has 0 saturated carbocycles. The van der Waals surface area contributed by atoms with E-state index in [1.807, 2.05) is 18.2 Å². The lowest BCUT2D eigenvalue weighted by Crippen LogP contribution is -2.38. The molecule has 1 aliphatic carbocycles. The Bertz CT molecular complexity index is 1050. The zero-order valence-electron chi connectivity index (χ0n) is 14.9. The summed E-state index contributed by atoms with van der Waals surface area (Å²) in [6.07, 6.45) is 1.80. The van der Waals surface area contributed by atoms with Gasteiger partial charge in [0.2, 0.25) is 5.43 Å². The maximum absolute atomic E-state index is 12.8. The van der Waals surface area contributed by atoms with Crippen LogP contribution in [0.25, 0.3) is 10.9 Å². The first-order valence-electron chi connectivity index (χ1n) is 8.85. The van der Waals surface area contributed by atoms with Gasteiger partial charge in [0.15, 0.2) is 5.69 Å². The Morgan fingerprint density at radius 1 is 1.15 bits per heavy atom. The molecule has 0 aliphatic heterocycles. The molecule has 1 atom stereocenters. The summed E-state index contributed by atoms with van der Waals surface area (Å²) in [5, 5.41) is 10.3. The van der Waals surface area contributed by atoms with Crippen molar-refractivity contribution in [2.45, 2.75) is 38.1 Å². The van der Waals surface area contributed by atoms with Crippen LogP contribution >= 0.6 is 0 Å². The van der Waals surface area contributed by atoms with Crippen molar-refractivity contribution in [2.24, 2.45) is 0 Å². The SMILES string of the molecule is CC1(C)CC[C@@H](NC(=O)c2n[nH]c3ccccc3c2=O)c2ccccc21. The van der Waals surface area contributed by atoms with Crippen molar-refractivity contribution in [3.05, 3.63) is 75.6 Å². The van der Waals surface area contributed by atoms with E-state index in [2.05, 4.69) is 41.5 Å². The van der Waals surface area contributed by atoms with E-state index < -0.39 is 5.91 Å². The fraction of sp³-hybridized carbons (Fsp3) is 0.286. The quantitative estimate of drug-likeness (QED) is 0.745. The van der Waals surface area contributed by atoms with Gasteiger partial charge in [-0.3, -0.25) is 14.7 Å². The topological polar surface area (TPSA) is 74.8 Å². The molecule has 1 aromatic heterocycles. The number of aromatic amines is 1. The minimum atomic E-state index is -0.434. The molecule has 5 nitrogen and oxygen atoms in total. The molecular formula is C21H21N3O2. The molecule has 26 heavy (non-hydrogen) atoms. The van der Waals surface area contributed by atoms with Gasteiger partial charge in [-0.15, -0.1) is 0 Å². The number of carbonyl (C=O) groups is 1. The molecule has 4 rings (SSSR count). The minimum Gasteiger partial charge on any atom is -0.344 e. The van der Waals surface area contributed by atoms with Crippen LogP contribution in [0.15, 0.2) is 53.3 Å². The zero-order chi connectivity index (χ0) is 18.3. The summed E-state index contributed by atoms with van der Waals surface area (Å²) in [7, 11) is 0. The lowest BCUT2D eigenvalue weighted by Gasteiger charge is -2.37. The highest BCUT2D eigenvalue weighted by Gasteiger charge is 2.33. The van der Waals surface area contributed by atoms with Crippen LogP contribution in [0, 0.1) is 0 Å². The summed E-state index contributed by atoms with van der Waals surface area (Å²) in [5.74, 6) is -0.434. The van der Waals surface area contributed by atoms with Gasteiger partial charge >= 0.3 is 0 Å². The van der Waals surface area contributed by atoms with Gasteiger partial charge in [0.25, 0.3) is 5.91 Å². The molecule has 0 saturated heterocycles. The Balaban J connectivity index is 1.67. The number of nitrogens with zero attached hydrogens (tertiary/aromatic N) is 1. The van der Waals surface area contributed by atoms with Crippen molar-refractivity contribution < 1.29 is 4.79 Å². The van der Waals surface area contributed by atoms with Crippen molar-refractivity contribution in [2.75, 3.05) is 0 Å². The third-order valence-corrected chi connectivity index (χ3v) is 5.32. The number of para-hydroxylation sites is 1. The molecule has 1 heterocycles. The average molecular weight is 347 g/mol. The van der Waals surface area contributed by atoms with Crippen LogP contribution in [0.2, 0.25) is 0 Å². The molecule has 0 bridgehead atoms.